The average Bonchev–Trinajstić information content (AvgIpc) is 3.36. The summed E-state index contributed by atoms with van der Waals surface area (Å²) in [6.07, 6.45) is 11.5. The van der Waals surface area contributed by atoms with E-state index in [0.717, 1.165) is 56.8 Å². The molecule has 0 fully saturated rings. The summed E-state index contributed by atoms with van der Waals surface area (Å²) in [7, 11) is 0. The SMILES string of the molecule is O=CC(Cc1ccccc1)NC(=O)[C@@H]1CCCCCCCCCCCC(=O)c2ccc([nH]2)C(=O)N1. The number of Topliss-reactive ketones (excluding diaryl/α,β-unsaturated/α-hetero) is 1. The maximum absolute atomic E-state index is 13.1. The molecule has 0 spiro atoms. The predicted octanol–water partition coefficient (Wildman–Crippen LogP) is 4.53. The van der Waals surface area contributed by atoms with Crippen LogP contribution in [0.15, 0.2) is 42.5 Å². The Morgan fingerprint density at radius 2 is 1.51 bits per heavy atom. The first-order chi connectivity index (χ1) is 17.1. The van der Waals surface area contributed by atoms with Gasteiger partial charge in [-0.1, -0.05) is 81.7 Å². The number of rotatable bonds is 5. The van der Waals surface area contributed by atoms with Crippen molar-refractivity contribution in [1.82, 2.24) is 15.6 Å². The normalized spacial score (nSPS) is 19.6. The molecular formula is C28H37N3O4. The van der Waals surface area contributed by atoms with Crippen LogP contribution in [0, 0.1) is 0 Å². The molecule has 0 saturated heterocycles. The van der Waals surface area contributed by atoms with Gasteiger partial charge in [0, 0.05) is 6.42 Å². The molecule has 3 rings (SSSR count). The Hall–Kier alpha value is -3.22. The fourth-order valence-electron chi connectivity index (χ4n) is 4.49. The molecule has 2 amide bonds. The van der Waals surface area contributed by atoms with E-state index in [9.17, 15) is 19.2 Å². The summed E-state index contributed by atoms with van der Waals surface area (Å²) in [5, 5.41) is 5.61. The van der Waals surface area contributed by atoms with Crippen LogP contribution in [0.5, 0.6) is 0 Å². The molecule has 1 aromatic carbocycles. The fraction of sp³-hybridized carbons (Fsp3) is 0.500. The van der Waals surface area contributed by atoms with Crippen LogP contribution in [0.2, 0.25) is 0 Å². The molecule has 188 valence electrons. The van der Waals surface area contributed by atoms with Crippen molar-refractivity contribution in [2.24, 2.45) is 0 Å². The zero-order chi connectivity index (χ0) is 24.9. The first-order valence-corrected chi connectivity index (χ1v) is 12.9. The van der Waals surface area contributed by atoms with E-state index in [0.29, 0.717) is 25.0 Å². The van der Waals surface area contributed by atoms with Gasteiger partial charge in [0.1, 0.15) is 18.0 Å². The van der Waals surface area contributed by atoms with Crippen LogP contribution in [0.4, 0.5) is 0 Å². The number of carbonyl (C=O) groups excluding carboxylic acids is 4. The van der Waals surface area contributed by atoms with Crippen LogP contribution in [0.25, 0.3) is 0 Å². The molecule has 7 nitrogen and oxygen atoms in total. The molecule has 1 unspecified atom stereocenters. The van der Waals surface area contributed by atoms with Gasteiger partial charge in [0.05, 0.1) is 11.7 Å². The van der Waals surface area contributed by atoms with Crippen molar-refractivity contribution in [3.8, 4) is 0 Å². The molecular weight excluding hydrogens is 442 g/mol. The standard InChI is InChI=1S/C28H37N3O4/c32-20-22(19-21-13-9-8-10-14-21)29-27(34)24-15-11-6-4-2-1-3-5-7-12-16-26(33)23-17-18-25(30-23)28(35)31-24/h8-10,13-14,17-18,20,22,24,30H,1-7,11-12,15-16,19H2,(H,29,34)(H,31,35)/t22?,24-/m0/s1. The van der Waals surface area contributed by atoms with E-state index < -0.39 is 18.0 Å². The highest BCUT2D eigenvalue weighted by Gasteiger charge is 2.24. The second-order valence-corrected chi connectivity index (χ2v) is 9.40. The Bertz CT molecular complexity index is 970. The monoisotopic (exact) mass is 479 g/mol. The van der Waals surface area contributed by atoms with E-state index in [1.165, 1.54) is 12.8 Å². The number of ketones is 1. The fourth-order valence-corrected chi connectivity index (χ4v) is 4.49. The zero-order valence-corrected chi connectivity index (χ0v) is 20.4. The van der Waals surface area contributed by atoms with Crippen molar-refractivity contribution >= 4 is 23.9 Å². The number of aromatic nitrogens is 1. The van der Waals surface area contributed by atoms with Crippen molar-refractivity contribution in [3.05, 3.63) is 59.4 Å². The van der Waals surface area contributed by atoms with Crippen LogP contribution in [-0.2, 0) is 16.0 Å². The Kier molecular flexibility index (Phi) is 10.7. The molecule has 1 aliphatic heterocycles. The predicted molar refractivity (Wildman–Crippen MR) is 135 cm³/mol. The third kappa shape index (κ3) is 8.81. The van der Waals surface area contributed by atoms with Gasteiger partial charge in [-0.25, -0.2) is 0 Å². The molecule has 2 heterocycles. The van der Waals surface area contributed by atoms with Gasteiger partial charge < -0.3 is 20.4 Å². The lowest BCUT2D eigenvalue weighted by Crippen LogP contribution is -2.50. The van der Waals surface area contributed by atoms with Crippen LogP contribution in [0.1, 0.15) is 97.2 Å². The molecule has 1 aliphatic rings. The largest absolute Gasteiger partial charge is 0.348 e. The first kappa shape index (κ1) is 26.4. The van der Waals surface area contributed by atoms with Gasteiger partial charge in [-0.05, 0) is 37.0 Å². The topological polar surface area (TPSA) is 108 Å². The van der Waals surface area contributed by atoms with E-state index in [1.54, 1.807) is 12.1 Å². The number of amides is 2. The molecule has 0 radical (unpaired) electrons. The number of aldehydes is 1. The minimum atomic E-state index is -0.762. The number of fused-ring (bicyclic) bond motifs is 2. The minimum Gasteiger partial charge on any atom is -0.348 e. The van der Waals surface area contributed by atoms with Gasteiger partial charge in [0.25, 0.3) is 5.91 Å². The third-order valence-electron chi connectivity index (χ3n) is 6.54. The Balaban J connectivity index is 1.68. The average molecular weight is 480 g/mol. The van der Waals surface area contributed by atoms with Gasteiger partial charge in [-0.2, -0.15) is 0 Å². The summed E-state index contributed by atoms with van der Waals surface area (Å²) in [4.78, 5) is 53.0. The van der Waals surface area contributed by atoms with E-state index in [4.69, 9.17) is 0 Å². The Morgan fingerprint density at radius 3 is 2.20 bits per heavy atom. The van der Waals surface area contributed by atoms with Crippen LogP contribution >= 0.6 is 0 Å². The molecule has 2 atom stereocenters. The van der Waals surface area contributed by atoms with Crippen molar-refractivity contribution < 1.29 is 19.2 Å². The smallest absolute Gasteiger partial charge is 0.268 e. The maximum Gasteiger partial charge on any atom is 0.268 e. The highest BCUT2D eigenvalue weighted by Crippen LogP contribution is 2.15. The lowest BCUT2D eigenvalue weighted by atomic mass is 10.0. The minimum absolute atomic E-state index is 0.00537. The highest BCUT2D eigenvalue weighted by atomic mass is 16.2. The summed E-state index contributed by atoms with van der Waals surface area (Å²) in [5.74, 6) is -0.811. The highest BCUT2D eigenvalue weighted by molar-refractivity contribution is 6.00. The number of carbonyl (C=O) groups is 4. The van der Waals surface area contributed by atoms with E-state index in [1.807, 2.05) is 30.3 Å². The Labute approximate surface area is 207 Å². The summed E-state index contributed by atoms with van der Waals surface area (Å²) in [6, 6.07) is 11.3. The van der Waals surface area contributed by atoms with Gasteiger partial charge in [-0.3, -0.25) is 14.4 Å². The molecule has 35 heavy (non-hydrogen) atoms. The summed E-state index contributed by atoms with van der Waals surface area (Å²) >= 11 is 0. The number of hydrogen-bond donors (Lipinski definition) is 3. The van der Waals surface area contributed by atoms with Crippen LogP contribution in [-0.4, -0.2) is 41.0 Å². The molecule has 3 N–H and O–H groups in total. The molecule has 2 bridgehead atoms. The third-order valence-corrected chi connectivity index (χ3v) is 6.54. The second kappa shape index (κ2) is 14.2. The van der Waals surface area contributed by atoms with Gasteiger partial charge >= 0.3 is 0 Å². The van der Waals surface area contributed by atoms with Gasteiger partial charge in [0.15, 0.2) is 5.78 Å². The number of hydrogen-bond acceptors (Lipinski definition) is 4. The number of H-pyrrole nitrogens is 1. The number of nitrogens with one attached hydrogen (secondary N) is 3. The second-order valence-electron chi connectivity index (χ2n) is 9.40. The van der Waals surface area contributed by atoms with E-state index in [2.05, 4.69) is 15.6 Å². The van der Waals surface area contributed by atoms with Crippen molar-refractivity contribution in [2.75, 3.05) is 0 Å². The van der Waals surface area contributed by atoms with E-state index in [-0.39, 0.29) is 17.4 Å². The van der Waals surface area contributed by atoms with Crippen LogP contribution < -0.4 is 10.6 Å². The quantitative estimate of drug-likeness (QED) is 0.548. The lowest BCUT2D eigenvalue weighted by Gasteiger charge is -2.21. The molecule has 2 aromatic rings. The number of benzene rings is 1. The van der Waals surface area contributed by atoms with Crippen molar-refractivity contribution in [3.63, 3.8) is 0 Å². The Morgan fingerprint density at radius 1 is 0.886 bits per heavy atom. The van der Waals surface area contributed by atoms with Gasteiger partial charge in [0.2, 0.25) is 5.91 Å². The number of aromatic amines is 1. The maximum atomic E-state index is 13.1. The van der Waals surface area contributed by atoms with Crippen LogP contribution in [0.3, 0.4) is 0 Å². The summed E-state index contributed by atoms with van der Waals surface area (Å²) in [5.41, 5.74) is 1.62. The molecule has 0 saturated carbocycles. The molecule has 0 aliphatic carbocycles. The van der Waals surface area contributed by atoms with E-state index >= 15 is 0 Å². The van der Waals surface area contributed by atoms with Crippen molar-refractivity contribution in [2.45, 2.75) is 89.1 Å². The first-order valence-electron chi connectivity index (χ1n) is 12.9. The summed E-state index contributed by atoms with van der Waals surface area (Å²) < 4.78 is 0. The molecule has 1 aromatic heterocycles. The van der Waals surface area contributed by atoms with Crippen molar-refractivity contribution in [1.29, 1.82) is 0 Å². The van der Waals surface area contributed by atoms with Gasteiger partial charge in [-0.15, -0.1) is 0 Å². The lowest BCUT2D eigenvalue weighted by molar-refractivity contribution is -0.125. The molecule has 7 heteroatoms. The zero-order valence-electron chi connectivity index (χ0n) is 20.4. The summed E-state index contributed by atoms with van der Waals surface area (Å²) in [6.45, 7) is 0.